The molecule has 0 saturated carbocycles. The maximum absolute atomic E-state index is 12.8. The molecule has 0 fully saturated rings. The van der Waals surface area contributed by atoms with Crippen LogP contribution in [0.1, 0.15) is 6.92 Å². The summed E-state index contributed by atoms with van der Waals surface area (Å²) in [5.74, 6) is -2.26. The Morgan fingerprint density at radius 2 is 1.92 bits per heavy atom. The number of thioether (sulfide) groups is 1. The van der Waals surface area contributed by atoms with Crippen molar-refractivity contribution in [2.45, 2.75) is 11.8 Å². The van der Waals surface area contributed by atoms with E-state index in [1.807, 2.05) is 0 Å². The highest BCUT2D eigenvalue weighted by Crippen LogP contribution is 2.24. The Kier molecular flexibility index (Phi) is 3.03. The van der Waals surface area contributed by atoms with Gasteiger partial charge in [0.15, 0.2) is 11.6 Å². The highest BCUT2D eigenvalue weighted by molar-refractivity contribution is 7.99. The van der Waals surface area contributed by atoms with Crippen molar-refractivity contribution in [1.29, 1.82) is 0 Å². The van der Waals surface area contributed by atoms with Gasteiger partial charge in [-0.25, -0.2) is 13.2 Å². The summed E-state index contributed by atoms with van der Waals surface area (Å²) >= 11 is 1.08. The Hall–Kier alpha value is -0.640. The molecular weight excluding hydrogens is 185 g/mol. The lowest BCUT2D eigenvalue weighted by Gasteiger charge is -2.01. The van der Waals surface area contributed by atoms with Gasteiger partial charge in [-0.1, -0.05) is 6.92 Å². The van der Waals surface area contributed by atoms with Gasteiger partial charge in [0.1, 0.15) is 5.82 Å². The zero-order valence-corrected chi connectivity index (χ0v) is 7.22. The highest BCUT2D eigenvalue weighted by atomic mass is 32.2. The predicted molar refractivity (Wildman–Crippen MR) is 42.7 cm³/mol. The highest BCUT2D eigenvalue weighted by Gasteiger charge is 2.10. The van der Waals surface area contributed by atoms with Crippen molar-refractivity contribution in [1.82, 2.24) is 0 Å². The van der Waals surface area contributed by atoms with Crippen molar-refractivity contribution < 1.29 is 13.2 Å². The summed E-state index contributed by atoms with van der Waals surface area (Å²) in [4.78, 5) is 0.0231. The van der Waals surface area contributed by atoms with E-state index >= 15 is 0 Å². The molecule has 0 unspecified atom stereocenters. The standard InChI is InChI=1S/C8H7F3S/c1-2-12-7-4-5(9)3-6(10)8(7)11/h3-4H,2H2,1H3. The lowest BCUT2D eigenvalue weighted by Crippen LogP contribution is -1.90. The van der Waals surface area contributed by atoms with Gasteiger partial charge in [-0.2, -0.15) is 0 Å². The average Bonchev–Trinajstić information content (AvgIpc) is 2.00. The minimum atomic E-state index is -1.13. The number of hydrogen-bond acceptors (Lipinski definition) is 1. The maximum Gasteiger partial charge on any atom is 0.172 e. The molecule has 0 radical (unpaired) electrons. The largest absolute Gasteiger partial charge is 0.207 e. The molecule has 0 N–H and O–H groups in total. The van der Waals surface area contributed by atoms with Crippen LogP contribution in [0.2, 0.25) is 0 Å². The first-order chi connectivity index (χ1) is 5.65. The van der Waals surface area contributed by atoms with E-state index in [1.54, 1.807) is 6.92 Å². The molecule has 0 aliphatic carbocycles. The number of hydrogen-bond donors (Lipinski definition) is 0. The molecule has 0 spiro atoms. The lowest BCUT2D eigenvalue weighted by atomic mass is 10.3. The van der Waals surface area contributed by atoms with Crippen molar-refractivity contribution in [2.75, 3.05) is 5.75 Å². The van der Waals surface area contributed by atoms with E-state index < -0.39 is 17.5 Å². The third kappa shape index (κ3) is 1.94. The predicted octanol–water partition coefficient (Wildman–Crippen LogP) is 3.22. The first kappa shape index (κ1) is 9.45. The molecule has 0 atom stereocenters. The molecule has 0 saturated heterocycles. The Morgan fingerprint density at radius 1 is 1.25 bits per heavy atom. The van der Waals surface area contributed by atoms with Crippen LogP contribution in [0.15, 0.2) is 17.0 Å². The Bertz CT molecular complexity index is 286. The van der Waals surface area contributed by atoms with Crippen LogP contribution in [0, 0.1) is 17.5 Å². The maximum atomic E-state index is 12.8. The summed E-state index contributed by atoms with van der Waals surface area (Å²) in [6.07, 6.45) is 0. The van der Waals surface area contributed by atoms with Crippen molar-refractivity contribution in [3.63, 3.8) is 0 Å². The lowest BCUT2D eigenvalue weighted by molar-refractivity contribution is 0.477. The molecule has 0 nitrogen and oxygen atoms in total. The summed E-state index contributed by atoms with van der Waals surface area (Å²) in [5, 5.41) is 0. The van der Waals surface area contributed by atoms with Crippen LogP contribution in [0.3, 0.4) is 0 Å². The van der Waals surface area contributed by atoms with Crippen LogP contribution >= 0.6 is 11.8 Å². The molecule has 66 valence electrons. The zero-order chi connectivity index (χ0) is 9.14. The van der Waals surface area contributed by atoms with E-state index in [1.165, 1.54) is 0 Å². The normalized spacial score (nSPS) is 10.3. The topological polar surface area (TPSA) is 0 Å². The van der Waals surface area contributed by atoms with Crippen LogP contribution in [0.4, 0.5) is 13.2 Å². The quantitative estimate of drug-likeness (QED) is 0.512. The van der Waals surface area contributed by atoms with Crippen molar-refractivity contribution in [3.05, 3.63) is 29.6 Å². The van der Waals surface area contributed by atoms with E-state index in [2.05, 4.69) is 0 Å². The second-order valence-corrected chi connectivity index (χ2v) is 3.44. The van der Waals surface area contributed by atoms with E-state index in [0.717, 1.165) is 17.8 Å². The second-order valence-electron chi connectivity index (χ2n) is 2.13. The second kappa shape index (κ2) is 3.85. The van der Waals surface area contributed by atoms with Crippen molar-refractivity contribution in [3.8, 4) is 0 Å². The molecule has 1 aromatic rings. The fourth-order valence-electron chi connectivity index (χ4n) is 0.793. The summed E-state index contributed by atoms with van der Waals surface area (Å²) < 4.78 is 37.9. The van der Waals surface area contributed by atoms with Crippen LogP contribution in [-0.4, -0.2) is 5.75 Å². The van der Waals surface area contributed by atoms with Crippen LogP contribution in [0.25, 0.3) is 0 Å². The van der Waals surface area contributed by atoms with Gasteiger partial charge in [0.2, 0.25) is 0 Å². The van der Waals surface area contributed by atoms with Crippen molar-refractivity contribution in [2.24, 2.45) is 0 Å². The van der Waals surface area contributed by atoms with Crippen LogP contribution in [-0.2, 0) is 0 Å². The summed E-state index contributed by atoms with van der Waals surface area (Å²) in [7, 11) is 0. The first-order valence-corrected chi connectivity index (χ1v) is 4.41. The van der Waals surface area contributed by atoms with E-state index in [4.69, 9.17) is 0 Å². The van der Waals surface area contributed by atoms with Crippen molar-refractivity contribution >= 4 is 11.8 Å². The molecule has 4 heteroatoms. The third-order valence-electron chi connectivity index (χ3n) is 1.26. The van der Waals surface area contributed by atoms with Crippen LogP contribution in [0.5, 0.6) is 0 Å². The fourth-order valence-corrected chi connectivity index (χ4v) is 1.52. The molecule has 1 aromatic carbocycles. The van der Waals surface area contributed by atoms with E-state index in [-0.39, 0.29) is 4.90 Å². The molecule has 0 bridgehead atoms. The molecule has 12 heavy (non-hydrogen) atoms. The van der Waals surface area contributed by atoms with Gasteiger partial charge in [-0.3, -0.25) is 0 Å². The molecular formula is C8H7F3S. The number of rotatable bonds is 2. The van der Waals surface area contributed by atoms with Gasteiger partial charge in [0, 0.05) is 11.0 Å². The fraction of sp³-hybridized carbons (Fsp3) is 0.250. The monoisotopic (exact) mass is 192 g/mol. The summed E-state index contributed by atoms with van der Waals surface area (Å²) in [6, 6.07) is 1.53. The van der Waals surface area contributed by atoms with Gasteiger partial charge in [0.25, 0.3) is 0 Å². The molecule has 1 rings (SSSR count). The number of halogens is 3. The molecule has 0 heterocycles. The van der Waals surface area contributed by atoms with Gasteiger partial charge < -0.3 is 0 Å². The van der Waals surface area contributed by atoms with Gasteiger partial charge in [-0.05, 0) is 11.8 Å². The molecule has 0 amide bonds. The minimum Gasteiger partial charge on any atom is -0.207 e. The molecule has 0 aromatic heterocycles. The molecule has 0 aliphatic rings. The SMILES string of the molecule is CCSc1cc(F)cc(F)c1F. The van der Waals surface area contributed by atoms with Crippen LogP contribution < -0.4 is 0 Å². The van der Waals surface area contributed by atoms with Gasteiger partial charge in [-0.15, -0.1) is 11.8 Å². The smallest absolute Gasteiger partial charge is 0.172 e. The first-order valence-electron chi connectivity index (χ1n) is 3.42. The van der Waals surface area contributed by atoms with Gasteiger partial charge >= 0.3 is 0 Å². The van der Waals surface area contributed by atoms with Gasteiger partial charge in [0.05, 0.1) is 0 Å². The summed E-state index contributed by atoms with van der Waals surface area (Å²) in [5.41, 5.74) is 0. The third-order valence-corrected chi connectivity index (χ3v) is 2.16. The van der Waals surface area contributed by atoms with E-state index in [0.29, 0.717) is 11.8 Å². The Balaban J connectivity index is 3.09. The summed E-state index contributed by atoms with van der Waals surface area (Å²) in [6.45, 7) is 1.78. The Labute approximate surface area is 72.8 Å². The zero-order valence-electron chi connectivity index (χ0n) is 6.40. The molecule has 0 aliphatic heterocycles. The number of benzene rings is 1. The minimum absolute atomic E-state index is 0.0231. The van der Waals surface area contributed by atoms with E-state index in [9.17, 15) is 13.2 Å². The Morgan fingerprint density at radius 3 is 2.50 bits per heavy atom. The average molecular weight is 192 g/mol.